The van der Waals surface area contributed by atoms with Crippen LogP contribution in [-0.2, 0) is 0 Å². The quantitative estimate of drug-likeness (QED) is 0.776. The van der Waals surface area contributed by atoms with Gasteiger partial charge in [0.2, 0.25) is 5.88 Å². The second-order valence-electron chi connectivity index (χ2n) is 3.03. The highest BCUT2D eigenvalue weighted by Crippen LogP contribution is 2.44. The van der Waals surface area contributed by atoms with Crippen molar-refractivity contribution in [1.29, 1.82) is 0 Å². The maximum Gasteiger partial charge on any atom is 0.216 e. The van der Waals surface area contributed by atoms with Crippen molar-refractivity contribution < 1.29 is 4.74 Å². The van der Waals surface area contributed by atoms with Crippen LogP contribution in [0.25, 0.3) is 0 Å². The molecule has 1 aliphatic carbocycles. The van der Waals surface area contributed by atoms with E-state index in [0.29, 0.717) is 5.92 Å². The van der Waals surface area contributed by atoms with E-state index in [1.807, 2.05) is 0 Å². The lowest BCUT2D eigenvalue weighted by atomic mass is 10.2. The topological polar surface area (TPSA) is 22.1 Å². The zero-order chi connectivity index (χ0) is 8.55. The third-order valence-corrected chi connectivity index (χ3v) is 2.49. The maximum atomic E-state index is 5.17. The summed E-state index contributed by atoms with van der Waals surface area (Å²) in [6.45, 7) is 0. The summed E-state index contributed by atoms with van der Waals surface area (Å²) in [5, 5.41) is 0. The fourth-order valence-electron chi connectivity index (χ4n) is 1.30. The molecule has 0 aromatic carbocycles. The molecule has 0 atom stereocenters. The Morgan fingerprint density at radius 1 is 1.58 bits per heavy atom. The van der Waals surface area contributed by atoms with Gasteiger partial charge in [-0.2, -0.15) is 0 Å². The van der Waals surface area contributed by atoms with Gasteiger partial charge in [0.05, 0.1) is 7.11 Å². The molecule has 1 heterocycles. The van der Waals surface area contributed by atoms with Crippen LogP contribution < -0.4 is 4.74 Å². The highest BCUT2D eigenvalue weighted by molar-refractivity contribution is 9.10. The van der Waals surface area contributed by atoms with Crippen molar-refractivity contribution in [2.75, 3.05) is 7.11 Å². The average Bonchev–Trinajstić information content (AvgIpc) is 2.87. The fourth-order valence-corrected chi connectivity index (χ4v) is 1.65. The Morgan fingerprint density at radius 2 is 2.33 bits per heavy atom. The average molecular weight is 228 g/mol. The zero-order valence-corrected chi connectivity index (χ0v) is 8.47. The lowest BCUT2D eigenvalue weighted by Crippen LogP contribution is -1.93. The lowest BCUT2D eigenvalue weighted by Gasteiger charge is -2.05. The molecule has 64 valence electrons. The second-order valence-corrected chi connectivity index (χ2v) is 3.94. The molecule has 12 heavy (non-hydrogen) atoms. The Morgan fingerprint density at radius 3 is 2.92 bits per heavy atom. The van der Waals surface area contributed by atoms with E-state index in [9.17, 15) is 0 Å². The number of aromatic nitrogens is 1. The monoisotopic (exact) mass is 227 g/mol. The van der Waals surface area contributed by atoms with Crippen molar-refractivity contribution >= 4 is 15.9 Å². The SMILES string of the molecule is COc1ncc(Br)cc1C1CC1. The van der Waals surface area contributed by atoms with Gasteiger partial charge in [0, 0.05) is 16.2 Å². The first kappa shape index (κ1) is 8.05. The minimum Gasteiger partial charge on any atom is -0.481 e. The van der Waals surface area contributed by atoms with Crippen LogP contribution in [0.1, 0.15) is 24.3 Å². The number of nitrogens with zero attached hydrogens (tertiary/aromatic N) is 1. The molecule has 2 rings (SSSR count). The van der Waals surface area contributed by atoms with Crippen molar-refractivity contribution in [2.24, 2.45) is 0 Å². The number of methoxy groups -OCH3 is 1. The number of hydrogen-bond donors (Lipinski definition) is 0. The van der Waals surface area contributed by atoms with E-state index in [4.69, 9.17) is 4.74 Å². The summed E-state index contributed by atoms with van der Waals surface area (Å²) in [5.41, 5.74) is 1.24. The van der Waals surface area contributed by atoms with Crippen LogP contribution in [0.3, 0.4) is 0 Å². The van der Waals surface area contributed by atoms with Crippen LogP contribution in [0, 0.1) is 0 Å². The van der Waals surface area contributed by atoms with Gasteiger partial charge in [-0.25, -0.2) is 4.98 Å². The molecule has 1 fully saturated rings. The van der Waals surface area contributed by atoms with Gasteiger partial charge in [-0.05, 0) is 40.8 Å². The molecule has 0 radical (unpaired) electrons. The largest absolute Gasteiger partial charge is 0.481 e. The number of rotatable bonds is 2. The van der Waals surface area contributed by atoms with Crippen LogP contribution >= 0.6 is 15.9 Å². The number of hydrogen-bond acceptors (Lipinski definition) is 2. The first-order valence-electron chi connectivity index (χ1n) is 4.00. The third kappa shape index (κ3) is 1.46. The molecule has 1 saturated carbocycles. The number of halogens is 1. The summed E-state index contributed by atoms with van der Waals surface area (Å²) in [6, 6.07) is 2.10. The molecule has 2 nitrogen and oxygen atoms in total. The smallest absolute Gasteiger partial charge is 0.216 e. The Bertz CT molecular complexity index is 297. The van der Waals surface area contributed by atoms with Gasteiger partial charge in [0.25, 0.3) is 0 Å². The van der Waals surface area contributed by atoms with E-state index >= 15 is 0 Å². The van der Waals surface area contributed by atoms with E-state index in [1.165, 1.54) is 18.4 Å². The molecule has 0 unspecified atom stereocenters. The first-order valence-corrected chi connectivity index (χ1v) is 4.80. The van der Waals surface area contributed by atoms with Crippen LogP contribution in [0.4, 0.5) is 0 Å². The Hall–Kier alpha value is -0.570. The molecule has 0 amide bonds. The summed E-state index contributed by atoms with van der Waals surface area (Å²) in [5.74, 6) is 1.46. The van der Waals surface area contributed by atoms with Gasteiger partial charge in [-0.3, -0.25) is 0 Å². The van der Waals surface area contributed by atoms with Gasteiger partial charge in [0.1, 0.15) is 0 Å². The van der Waals surface area contributed by atoms with Gasteiger partial charge >= 0.3 is 0 Å². The zero-order valence-electron chi connectivity index (χ0n) is 6.88. The van der Waals surface area contributed by atoms with Crippen LogP contribution in [0.5, 0.6) is 5.88 Å². The molecule has 0 spiro atoms. The highest BCUT2D eigenvalue weighted by Gasteiger charge is 2.27. The van der Waals surface area contributed by atoms with Gasteiger partial charge in [0.15, 0.2) is 0 Å². The minimum atomic E-state index is 0.685. The predicted octanol–water partition coefficient (Wildman–Crippen LogP) is 2.73. The van der Waals surface area contributed by atoms with Crippen molar-refractivity contribution in [3.8, 4) is 5.88 Å². The normalized spacial score (nSPS) is 16.2. The van der Waals surface area contributed by atoms with Crippen molar-refractivity contribution in [3.63, 3.8) is 0 Å². The molecule has 1 aromatic heterocycles. The van der Waals surface area contributed by atoms with E-state index in [-0.39, 0.29) is 0 Å². The van der Waals surface area contributed by atoms with Gasteiger partial charge in [-0.15, -0.1) is 0 Å². The van der Waals surface area contributed by atoms with Crippen LogP contribution in [0.2, 0.25) is 0 Å². The van der Waals surface area contributed by atoms with E-state index in [0.717, 1.165) is 10.4 Å². The molecule has 1 aliphatic rings. The summed E-state index contributed by atoms with van der Waals surface area (Å²) < 4.78 is 6.20. The lowest BCUT2D eigenvalue weighted by molar-refractivity contribution is 0.392. The Labute approximate surface area is 80.1 Å². The van der Waals surface area contributed by atoms with Crippen LogP contribution in [-0.4, -0.2) is 12.1 Å². The number of pyridine rings is 1. The molecular formula is C9H10BrNO. The minimum absolute atomic E-state index is 0.685. The van der Waals surface area contributed by atoms with Crippen molar-refractivity contribution in [1.82, 2.24) is 4.98 Å². The molecule has 0 bridgehead atoms. The maximum absolute atomic E-state index is 5.17. The van der Waals surface area contributed by atoms with Gasteiger partial charge < -0.3 is 4.74 Å². The van der Waals surface area contributed by atoms with Gasteiger partial charge in [-0.1, -0.05) is 0 Å². The summed E-state index contributed by atoms with van der Waals surface area (Å²) in [4.78, 5) is 4.19. The fraction of sp³-hybridized carbons (Fsp3) is 0.444. The van der Waals surface area contributed by atoms with E-state index in [1.54, 1.807) is 13.3 Å². The molecule has 3 heteroatoms. The Kier molecular flexibility index (Phi) is 2.05. The van der Waals surface area contributed by atoms with Crippen LogP contribution in [0.15, 0.2) is 16.7 Å². The Balaban J connectivity index is 2.39. The highest BCUT2D eigenvalue weighted by atomic mass is 79.9. The molecule has 0 saturated heterocycles. The van der Waals surface area contributed by atoms with Crippen molar-refractivity contribution in [3.05, 3.63) is 22.3 Å². The van der Waals surface area contributed by atoms with E-state index < -0.39 is 0 Å². The number of ether oxygens (including phenoxy) is 1. The van der Waals surface area contributed by atoms with Crippen molar-refractivity contribution in [2.45, 2.75) is 18.8 Å². The predicted molar refractivity (Wildman–Crippen MR) is 50.5 cm³/mol. The summed E-state index contributed by atoms with van der Waals surface area (Å²) in [7, 11) is 1.67. The standard InChI is InChI=1S/C9H10BrNO/c1-12-9-8(6-2-3-6)4-7(10)5-11-9/h4-6H,2-3H2,1H3. The summed E-state index contributed by atoms with van der Waals surface area (Å²) >= 11 is 3.40. The second kappa shape index (κ2) is 3.05. The van der Waals surface area contributed by atoms with E-state index in [2.05, 4.69) is 27.0 Å². The third-order valence-electron chi connectivity index (χ3n) is 2.06. The first-order chi connectivity index (χ1) is 5.81. The molecule has 1 aromatic rings. The molecule has 0 N–H and O–H groups in total. The molecular weight excluding hydrogens is 218 g/mol. The summed E-state index contributed by atoms with van der Waals surface area (Å²) in [6.07, 6.45) is 4.31. The molecule has 0 aliphatic heterocycles.